The molecular formula is C16H12Cl2F6N4O3. The first-order chi connectivity index (χ1) is 14.2. The summed E-state index contributed by atoms with van der Waals surface area (Å²) in [5, 5.41) is -0.791. The quantitative estimate of drug-likeness (QED) is 0.217. The molecule has 0 saturated heterocycles. The molecule has 0 atom stereocenters. The molecule has 2 heterocycles. The van der Waals surface area contributed by atoms with Crippen LogP contribution >= 0.6 is 23.2 Å². The molecule has 0 spiro atoms. The second-order valence-electron chi connectivity index (χ2n) is 5.30. The number of halogens is 8. The van der Waals surface area contributed by atoms with Crippen LogP contribution in [0.5, 0.6) is 0 Å². The molecule has 0 radical (unpaired) electrons. The minimum atomic E-state index is -4.55. The third-order valence-electron chi connectivity index (χ3n) is 3.15. The Hall–Kier alpha value is -2.64. The summed E-state index contributed by atoms with van der Waals surface area (Å²) in [4.78, 5) is 28.7. The Morgan fingerprint density at radius 1 is 0.968 bits per heavy atom. The summed E-state index contributed by atoms with van der Waals surface area (Å²) in [6.45, 7) is 1.66. The maximum atomic E-state index is 12.2. The van der Waals surface area contributed by atoms with Gasteiger partial charge in [0, 0.05) is 12.4 Å². The fourth-order valence-electron chi connectivity index (χ4n) is 1.77. The monoisotopic (exact) mass is 492 g/mol. The predicted molar refractivity (Wildman–Crippen MR) is 96.1 cm³/mol. The lowest BCUT2D eigenvalue weighted by Crippen LogP contribution is -2.31. The van der Waals surface area contributed by atoms with Crippen LogP contribution in [0.25, 0.3) is 0 Å². The highest BCUT2D eigenvalue weighted by Gasteiger charge is 2.33. The fourth-order valence-corrected chi connectivity index (χ4v) is 2.27. The molecule has 170 valence electrons. The molecule has 15 heteroatoms. The van der Waals surface area contributed by atoms with Crippen LogP contribution < -0.4 is 11.3 Å². The number of carbonyl (C=O) groups excluding carboxylic acids is 2. The molecule has 0 aromatic carbocycles. The third kappa shape index (κ3) is 7.52. The smallest absolute Gasteiger partial charge is 0.417 e. The average molecular weight is 493 g/mol. The molecule has 0 aliphatic heterocycles. The Bertz CT molecular complexity index is 954. The highest BCUT2D eigenvalue weighted by Crippen LogP contribution is 2.32. The predicted octanol–water partition coefficient (Wildman–Crippen LogP) is 4.29. The molecule has 31 heavy (non-hydrogen) atoms. The second kappa shape index (κ2) is 10.6. The number of carbonyl (C=O) groups is 2. The number of hydrogen-bond acceptors (Lipinski definition) is 6. The first-order valence-corrected chi connectivity index (χ1v) is 8.61. The highest BCUT2D eigenvalue weighted by molar-refractivity contribution is 6.33. The summed E-state index contributed by atoms with van der Waals surface area (Å²) in [7, 11) is 0. The lowest BCUT2D eigenvalue weighted by Gasteiger charge is -2.08. The standard InChI is InChI=1S/C9H7ClF3NO2.C7H5ClF3N3O/c1-2-16-8(15)7-6(10)3-5(4-14-7)9(11,12)13;8-4-1-3(7(9,10)11)2-13-5(4)6(15)14-12/h3-4H,2H2,1H3;1-2H,12H2,(H,14,15). The molecule has 2 aromatic heterocycles. The number of hydrazine groups is 1. The molecule has 0 unspecified atom stereocenters. The zero-order valence-electron chi connectivity index (χ0n) is 15.2. The van der Waals surface area contributed by atoms with Crippen molar-refractivity contribution in [1.82, 2.24) is 15.4 Å². The van der Waals surface area contributed by atoms with Crippen molar-refractivity contribution < 1.29 is 40.7 Å². The molecule has 3 N–H and O–H groups in total. The zero-order valence-corrected chi connectivity index (χ0v) is 16.7. The first kappa shape index (κ1) is 26.4. The van der Waals surface area contributed by atoms with Gasteiger partial charge in [-0.1, -0.05) is 23.2 Å². The van der Waals surface area contributed by atoms with Gasteiger partial charge in [0.15, 0.2) is 5.69 Å². The van der Waals surface area contributed by atoms with Crippen molar-refractivity contribution >= 4 is 35.1 Å². The molecule has 1 amide bonds. The highest BCUT2D eigenvalue weighted by atomic mass is 35.5. The number of aromatic nitrogens is 2. The number of hydrogen-bond donors (Lipinski definition) is 2. The van der Waals surface area contributed by atoms with Crippen LogP contribution in [0.2, 0.25) is 10.0 Å². The topological polar surface area (TPSA) is 107 Å². The van der Waals surface area contributed by atoms with E-state index in [1.165, 1.54) is 0 Å². The Balaban J connectivity index is 0.000000311. The average Bonchev–Trinajstić information content (AvgIpc) is 2.66. The molecule has 0 saturated carbocycles. The number of rotatable bonds is 3. The number of amides is 1. The van der Waals surface area contributed by atoms with Gasteiger partial charge in [-0.3, -0.25) is 10.2 Å². The lowest BCUT2D eigenvalue weighted by atomic mass is 10.2. The van der Waals surface area contributed by atoms with E-state index in [2.05, 4.69) is 14.7 Å². The minimum Gasteiger partial charge on any atom is -0.461 e. The zero-order chi connectivity index (χ0) is 24.0. The molecule has 0 fully saturated rings. The number of nitrogens with one attached hydrogen (secondary N) is 1. The van der Waals surface area contributed by atoms with Crippen molar-refractivity contribution in [2.45, 2.75) is 19.3 Å². The van der Waals surface area contributed by atoms with Gasteiger partial charge >= 0.3 is 18.3 Å². The van der Waals surface area contributed by atoms with Gasteiger partial charge in [-0.2, -0.15) is 26.3 Å². The maximum Gasteiger partial charge on any atom is 0.417 e. The van der Waals surface area contributed by atoms with E-state index in [1.807, 2.05) is 0 Å². The van der Waals surface area contributed by atoms with Crippen LogP contribution in [0.4, 0.5) is 26.3 Å². The maximum absolute atomic E-state index is 12.2. The van der Waals surface area contributed by atoms with Crippen LogP contribution in [-0.4, -0.2) is 28.5 Å². The van der Waals surface area contributed by atoms with Gasteiger partial charge in [0.25, 0.3) is 5.91 Å². The van der Waals surface area contributed by atoms with E-state index in [9.17, 15) is 35.9 Å². The van der Waals surface area contributed by atoms with Gasteiger partial charge in [0.05, 0.1) is 27.8 Å². The number of nitrogen functional groups attached to an aromatic ring is 1. The van der Waals surface area contributed by atoms with Gasteiger partial charge in [0.2, 0.25) is 0 Å². The summed E-state index contributed by atoms with van der Waals surface area (Å²) in [5.41, 5.74) is -1.000. The van der Waals surface area contributed by atoms with Gasteiger partial charge in [-0.15, -0.1) is 0 Å². The first-order valence-electron chi connectivity index (χ1n) is 7.85. The number of nitrogens with two attached hydrogens (primary N) is 1. The lowest BCUT2D eigenvalue weighted by molar-refractivity contribution is -0.138. The molecular weight excluding hydrogens is 481 g/mol. The third-order valence-corrected chi connectivity index (χ3v) is 3.73. The van der Waals surface area contributed by atoms with Crippen LogP contribution in [0.15, 0.2) is 24.5 Å². The Morgan fingerprint density at radius 3 is 1.71 bits per heavy atom. The Labute approximate surface area is 180 Å². The van der Waals surface area contributed by atoms with Crippen molar-refractivity contribution in [3.63, 3.8) is 0 Å². The molecule has 7 nitrogen and oxygen atoms in total. The van der Waals surface area contributed by atoms with E-state index in [1.54, 1.807) is 12.3 Å². The number of ether oxygens (including phenoxy) is 1. The number of esters is 1. The van der Waals surface area contributed by atoms with E-state index >= 15 is 0 Å². The normalized spacial score (nSPS) is 11.3. The molecule has 0 bridgehead atoms. The van der Waals surface area contributed by atoms with Crippen molar-refractivity contribution in [2.24, 2.45) is 5.84 Å². The summed E-state index contributed by atoms with van der Waals surface area (Å²) < 4.78 is 77.7. The van der Waals surface area contributed by atoms with Crippen LogP contribution in [-0.2, 0) is 17.1 Å². The molecule has 0 aliphatic rings. The largest absolute Gasteiger partial charge is 0.461 e. The molecule has 2 aromatic rings. The van der Waals surface area contributed by atoms with Gasteiger partial charge < -0.3 is 4.74 Å². The van der Waals surface area contributed by atoms with E-state index in [-0.39, 0.29) is 23.0 Å². The van der Waals surface area contributed by atoms with E-state index in [0.29, 0.717) is 24.5 Å². The Morgan fingerprint density at radius 2 is 1.39 bits per heavy atom. The van der Waals surface area contributed by atoms with Gasteiger partial charge in [0.1, 0.15) is 5.69 Å². The SMILES string of the molecule is CCOC(=O)c1ncc(C(F)(F)F)cc1Cl.NNC(=O)c1ncc(C(F)(F)F)cc1Cl. The number of alkyl halides is 6. The molecule has 0 aliphatic carbocycles. The van der Waals surface area contributed by atoms with E-state index in [0.717, 1.165) is 0 Å². The number of nitrogens with zero attached hydrogens (tertiary/aromatic N) is 2. The van der Waals surface area contributed by atoms with Crippen molar-refractivity contribution in [3.05, 3.63) is 57.1 Å². The molecule has 2 rings (SSSR count). The summed E-state index contributed by atoms with van der Waals surface area (Å²) in [5.74, 6) is 3.08. The van der Waals surface area contributed by atoms with Crippen molar-refractivity contribution in [2.75, 3.05) is 6.61 Å². The van der Waals surface area contributed by atoms with Crippen LogP contribution in [0, 0.1) is 0 Å². The van der Waals surface area contributed by atoms with E-state index in [4.69, 9.17) is 29.0 Å². The van der Waals surface area contributed by atoms with Crippen LogP contribution in [0.3, 0.4) is 0 Å². The van der Waals surface area contributed by atoms with Gasteiger partial charge in [-0.05, 0) is 19.1 Å². The van der Waals surface area contributed by atoms with Crippen LogP contribution in [0.1, 0.15) is 39.0 Å². The summed E-state index contributed by atoms with van der Waals surface area (Å²) in [6.07, 6.45) is -8.03. The van der Waals surface area contributed by atoms with Crippen molar-refractivity contribution in [3.8, 4) is 0 Å². The fraction of sp³-hybridized carbons (Fsp3) is 0.250. The minimum absolute atomic E-state index is 0.0951. The van der Waals surface area contributed by atoms with Gasteiger partial charge in [-0.25, -0.2) is 20.6 Å². The van der Waals surface area contributed by atoms with E-state index < -0.39 is 40.4 Å². The Kier molecular flexibility index (Phi) is 9.02. The number of pyridine rings is 2. The van der Waals surface area contributed by atoms with Crippen molar-refractivity contribution in [1.29, 1.82) is 0 Å². The summed E-state index contributed by atoms with van der Waals surface area (Å²) >= 11 is 10.9. The second-order valence-corrected chi connectivity index (χ2v) is 6.11. The summed E-state index contributed by atoms with van der Waals surface area (Å²) in [6, 6.07) is 1.25.